The van der Waals surface area contributed by atoms with Crippen molar-refractivity contribution in [3.8, 4) is 0 Å². The largest absolute Gasteiger partial charge is 0.380 e. The van der Waals surface area contributed by atoms with E-state index in [9.17, 15) is 9.59 Å². The minimum absolute atomic E-state index is 0.302. The quantitative estimate of drug-likeness (QED) is 0.620. The molecule has 0 atom stereocenters. The van der Waals surface area contributed by atoms with E-state index in [2.05, 4.69) is 31.4 Å². The lowest BCUT2D eigenvalue weighted by atomic mass is 9.90. The highest BCUT2D eigenvalue weighted by molar-refractivity contribution is 5.75. The van der Waals surface area contributed by atoms with Gasteiger partial charge in [0.15, 0.2) is 0 Å². The first-order chi connectivity index (χ1) is 9.40. The molecule has 1 aliphatic heterocycles. The summed E-state index contributed by atoms with van der Waals surface area (Å²) in [5.41, 5.74) is 0.759. The molecule has 0 spiro atoms. The summed E-state index contributed by atoms with van der Waals surface area (Å²) in [5, 5.41) is 6.41. The molecule has 1 saturated heterocycles. The van der Waals surface area contributed by atoms with Gasteiger partial charge in [-0.25, -0.2) is 0 Å². The molecule has 0 bridgehead atoms. The number of anilines is 2. The van der Waals surface area contributed by atoms with Gasteiger partial charge in [0.05, 0.1) is 0 Å². The van der Waals surface area contributed by atoms with Gasteiger partial charge in [0.1, 0.15) is 11.4 Å². The number of piperazine rings is 1. The summed E-state index contributed by atoms with van der Waals surface area (Å²) in [7, 11) is 0. The summed E-state index contributed by atoms with van der Waals surface area (Å²) in [6, 6.07) is 0. The Morgan fingerprint density at radius 1 is 1.15 bits per heavy atom. The van der Waals surface area contributed by atoms with Crippen molar-refractivity contribution in [3.63, 3.8) is 0 Å². The highest BCUT2D eigenvalue weighted by atomic mass is 16.2. The van der Waals surface area contributed by atoms with Crippen LogP contribution in [0.3, 0.4) is 0 Å². The second-order valence-corrected chi connectivity index (χ2v) is 6.71. The second-order valence-electron chi connectivity index (χ2n) is 6.71. The minimum Gasteiger partial charge on any atom is -0.380 e. The van der Waals surface area contributed by atoms with Crippen LogP contribution in [0.5, 0.6) is 0 Å². The van der Waals surface area contributed by atoms with Crippen LogP contribution in [-0.4, -0.2) is 32.7 Å². The summed E-state index contributed by atoms with van der Waals surface area (Å²) in [6.07, 6.45) is 2.10. The van der Waals surface area contributed by atoms with E-state index in [4.69, 9.17) is 0 Å². The molecule has 0 amide bonds. The van der Waals surface area contributed by atoms with Crippen LogP contribution in [0.1, 0.15) is 33.6 Å². The predicted molar refractivity (Wildman–Crippen MR) is 83.6 cm³/mol. The first-order valence-corrected chi connectivity index (χ1v) is 7.43. The van der Waals surface area contributed by atoms with Gasteiger partial charge in [-0.2, -0.15) is 0 Å². The Morgan fingerprint density at radius 3 is 2.40 bits per heavy atom. The predicted octanol–water partition coefficient (Wildman–Crippen LogP) is 0.930. The lowest BCUT2D eigenvalue weighted by Crippen LogP contribution is -2.50. The Hall–Kier alpha value is -1.36. The summed E-state index contributed by atoms with van der Waals surface area (Å²) < 4.78 is 0. The molecule has 5 heteroatoms. The number of nitrogens with zero attached hydrogens (tertiary/aromatic N) is 1. The highest BCUT2D eigenvalue weighted by Gasteiger charge is 2.26. The van der Waals surface area contributed by atoms with Gasteiger partial charge < -0.3 is 15.5 Å². The zero-order valence-corrected chi connectivity index (χ0v) is 12.7. The molecule has 0 aliphatic carbocycles. The molecule has 0 aromatic heterocycles. The molecule has 2 rings (SSSR count). The summed E-state index contributed by atoms with van der Waals surface area (Å²) in [6.45, 7) is 10.7. The zero-order chi connectivity index (χ0) is 14.8. The molecule has 0 radical (unpaired) electrons. The van der Waals surface area contributed by atoms with Gasteiger partial charge in [0.2, 0.25) is 0 Å². The Morgan fingerprint density at radius 2 is 1.80 bits per heavy atom. The first kappa shape index (κ1) is 15.0. The smallest absolute Gasteiger partial charge is 0.253 e. The molecule has 1 aliphatic rings. The van der Waals surface area contributed by atoms with Crippen LogP contribution in [0.2, 0.25) is 0 Å². The van der Waals surface area contributed by atoms with E-state index in [1.165, 1.54) is 0 Å². The fraction of sp³-hybridized carbons (Fsp3) is 0.733. The number of rotatable bonds is 5. The van der Waals surface area contributed by atoms with E-state index in [0.29, 0.717) is 16.8 Å². The summed E-state index contributed by atoms with van der Waals surface area (Å²) in [4.78, 5) is 25.5. The molecule has 0 saturated carbocycles. The van der Waals surface area contributed by atoms with Gasteiger partial charge in [0, 0.05) is 32.7 Å². The van der Waals surface area contributed by atoms with Crippen molar-refractivity contribution in [2.45, 2.75) is 33.6 Å². The van der Waals surface area contributed by atoms with Crippen molar-refractivity contribution in [1.82, 2.24) is 5.32 Å². The molecule has 2 N–H and O–H groups in total. The van der Waals surface area contributed by atoms with E-state index in [0.717, 1.165) is 45.6 Å². The van der Waals surface area contributed by atoms with Crippen LogP contribution in [-0.2, 0) is 0 Å². The van der Waals surface area contributed by atoms with Gasteiger partial charge in [0.25, 0.3) is 10.9 Å². The highest BCUT2D eigenvalue weighted by Crippen LogP contribution is 2.22. The van der Waals surface area contributed by atoms with Gasteiger partial charge in [-0.05, 0) is 18.3 Å². The molecule has 1 heterocycles. The van der Waals surface area contributed by atoms with Crippen molar-refractivity contribution in [3.05, 3.63) is 20.4 Å². The van der Waals surface area contributed by atoms with Gasteiger partial charge in [-0.3, -0.25) is 9.59 Å². The Labute approximate surface area is 120 Å². The van der Waals surface area contributed by atoms with Crippen LogP contribution >= 0.6 is 0 Å². The normalized spacial score (nSPS) is 16.6. The van der Waals surface area contributed by atoms with Crippen molar-refractivity contribution >= 4 is 11.4 Å². The Bertz CT molecular complexity index is 518. The molecule has 1 aromatic rings. The molecular formula is C15H25N3O2. The molecule has 1 aromatic carbocycles. The number of hydrogen-bond acceptors (Lipinski definition) is 5. The fourth-order valence-corrected chi connectivity index (χ4v) is 2.57. The molecule has 112 valence electrons. The van der Waals surface area contributed by atoms with Crippen LogP contribution in [0, 0.1) is 5.41 Å². The third kappa shape index (κ3) is 3.39. The SMILES string of the molecule is CC(C)(C)CCCNc1c(N2CCNCC2)c(=O)c1=O. The van der Waals surface area contributed by atoms with Crippen LogP contribution < -0.4 is 26.4 Å². The van der Waals surface area contributed by atoms with Gasteiger partial charge in [-0.15, -0.1) is 0 Å². The van der Waals surface area contributed by atoms with Gasteiger partial charge in [-0.1, -0.05) is 20.8 Å². The number of hydrogen-bond donors (Lipinski definition) is 2. The monoisotopic (exact) mass is 279 g/mol. The molecule has 0 unspecified atom stereocenters. The van der Waals surface area contributed by atoms with E-state index in [1.54, 1.807) is 0 Å². The first-order valence-electron chi connectivity index (χ1n) is 7.43. The lowest BCUT2D eigenvalue weighted by Gasteiger charge is -2.31. The van der Waals surface area contributed by atoms with E-state index in [-0.39, 0.29) is 10.9 Å². The van der Waals surface area contributed by atoms with Crippen molar-refractivity contribution in [2.24, 2.45) is 5.41 Å². The van der Waals surface area contributed by atoms with E-state index in [1.807, 2.05) is 4.90 Å². The van der Waals surface area contributed by atoms with E-state index >= 15 is 0 Å². The second kappa shape index (κ2) is 5.95. The third-order valence-electron chi connectivity index (χ3n) is 3.72. The zero-order valence-electron chi connectivity index (χ0n) is 12.7. The average Bonchev–Trinajstić information content (AvgIpc) is 2.41. The van der Waals surface area contributed by atoms with Gasteiger partial charge >= 0.3 is 0 Å². The summed E-state index contributed by atoms with van der Waals surface area (Å²) in [5.74, 6) is 0. The molecule has 5 nitrogen and oxygen atoms in total. The number of nitrogens with one attached hydrogen (secondary N) is 2. The fourth-order valence-electron chi connectivity index (χ4n) is 2.57. The Balaban J connectivity index is 1.93. The molecule has 20 heavy (non-hydrogen) atoms. The van der Waals surface area contributed by atoms with Crippen LogP contribution in [0.15, 0.2) is 9.59 Å². The molecule has 1 fully saturated rings. The lowest BCUT2D eigenvalue weighted by molar-refractivity contribution is 0.370. The average molecular weight is 279 g/mol. The van der Waals surface area contributed by atoms with Crippen LogP contribution in [0.25, 0.3) is 0 Å². The Kier molecular flexibility index (Phi) is 4.48. The maximum absolute atomic E-state index is 11.8. The van der Waals surface area contributed by atoms with E-state index < -0.39 is 0 Å². The maximum Gasteiger partial charge on any atom is 0.253 e. The standard InChI is InChI=1S/C15H25N3O2/c1-15(2,3)5-4-6-17-11-12(14(20)13(11)19)18-9-7-16-8-10-18/h16-17H,4-10H2,1-3H3. The van der Waals surface area contributed by atoms with Crippen molar-refractivity contribution in [2.75, 3.05) is 42.9 Å². The summed E-state index contributed by atoms with van der Waals surface area (Å²) >= 11 is 0. The van der Waals surface area contributed by atoms with Crippen LogP contribution in [0.4, 0.5) is 11.4 Å². The maximum atomic E-state index is 11.8. The topological polar surface area (TPSA) is 61.4 Å². The van der Waals surface area contributed by atoms with Crippen molar-refractivity contribution < 1.29 is 0 Å². The molecular weight excluding hydrogens is 254 g/mol. The minimum atomic E-state index is -0.353. The van der Waals surface area contributed by atoms with Crippen molar-refractivity contribution in [1.29, 1.82) is 0 Å². The third-order valence-corrected chi connectivity index (χ3v) is 3.72.